The lowest BCUT2D eigenvalue weighted by molar-refractivity contribution is -0.0504. The number of methoxy groups -OCH3 is 1. The van der Waals surface area contributed by atoms with E-state index in [0.29, 0.717) is 36.7 Å². The number of hydrogen-bond donors (Lipinski definition) is 0. The average Bonchev–Trinajstić information content (AvgIpc) is 3.28. The molecule has 0 N–H and O–H groups in total. The van der Waals surface area contributed by atoms with E-state index in [1.807, 2.05) is 61.0 Å². The molecular formula is C28H28F2N2O4. The highest BCUT2D eigenvalue weighted by atomic mass is 19.3. The molecule has 0 saturated carbocycles. The standard InChI is InChI=1S/C28H28F2N2O4/c1-4-31(5-2)28(33)36-25-15-14-23-22(26(25)19-10-12-21(34-3)13-11-19)16-17-32(23)18-20-8-6-7-9-24(20)35-27(29)30/h6-17,27H,4-5,18H2,1-3H3. The number of benzene rings is 3. The fraction of sp³-hybridized carbons (Fsp3) is 0.250. The summed E-state index contributed by atoms with van der Waals surface area (Å²) in [6, 6.07) is 19.8. The largest absolute Gasteiger partial charge is 0.497 e. The van der Waals surface area contributed by atoms with E-state index < -0.39 is 12.7 Å². The second-order valence-corrected chi connectivity index (χ2v) is 8.07. The fourth-order valence-corrected chi connectivity index (χ4v) is 4.20. The summed E-state index contributed by atoms with van der Waals surface area (Å²) in [5.74, 6) is 1.28. The first-order valence-electron chi connectivity index (χ1n) is 11.7. The van der Waals surface area contributed by atoms with E-state index in [4.69, 9.17) is 14.2 Å². The van der Waals surface area contributed by atoms with Gasteiger partial charge in [-0.2, -0.15) is 8.78 Å². The number of nitrogens with zero attached hydrogens (tertiary/aromatic N) is 2. The third-order valence-electron chi connectivity index (χ3n) is 6.04. The Morgan fingerprint density at radius 2 is 1.67 bits per heavy atom. The van der Waals surface area contributed by atoms with Gasteiger partial charge in [0.25, 0.3) is 0 Å². The first-order chi connectivity index (χ1) is 17.4. The first kappa shape index (κ1) is 25.0. The van der Waals surface area contributed by atoms with Crippen molar-refractivity contribution in [2.24, 2.45) is 0 Å². The Morgan fingerprint density at radius 1 is 0.944 bits per heavy atom. The number of carbonyl (C=O) groups excluding carboxylic acids is 1. The van der Waals surface area contributed by atoms with Gasteiger partial charge in [-0.15, -0.1) is 0 Å². The molecule has 36 heavy (non-hydrogen) atoms. The van der Waals surface area contributed by atoms with Gasteiger partial charge in [-0.25, -0.2) is 4.79 Å². The van der Waals surface area contributed by atoms with E-state index in [-0.39, 0.29) is 5.75 Å². The molecule has 0 unspecified atom stereocenters. The predicted molar refractivity (Wildman–Crippen MR) is 135 cm³/mol. The second kappa shape index (κ2) is 11.1. The smallest absolute Gasteiger partial charge is 0.415 e. The summed E-state index contributed by atoms with van der Waals surface area (Å²) in [6.07, 6.45) is 1.46. The van der Waals surface area contributed by atoms with Gasteiger partial charge in [0.2, 0.25) is 0 Å². The van der Waals surface area contributed by atoms with Crippen LogP contribution in [-0.2, 0) is 6.54 Å². The number of rotatable bonds is 9. The molecular weight excluding hydrogens is 466 g/mol. The molecule has 0 radical (unpaired) electrons. The van der Waals surface area contributed by atoms with Crippen molar-refractivity contribution in [1.29, 1.82) is 0 Å². The second-order valence-electron chi connectivity index (χ2n) is 8.07. The number of halogens is 2. The summed E-state index contributed by atoms with van der Waals surface area (Å²) in [4.78, 5) is 14.4. The van der Waals surface area contributed by atoms with E-state index in [1.54, 1.807) is 36.3 Å². The van der Waals surface area contributed by atoms with Gasteiger partial charge in [0.15, 0.2) is 0 Å². The SMILES string of the molecule is CCN(CC)C(=O)Oc1ccc2c(ccn2Cc2ccccc2OC(F)F)c1-c1ccc(OC)cc1. The van der Waals surface area contributed by atoms with E-state index in [0.717, 1.165) is 22.0 Å². The lowest BCUT2D eigenvalue weighted by Crippen LogP contribution is -2.33. The fourth-order valence-electron chi connectivity index (χ4n) is 4.20. The molecule has 0 bridgehead atoms. The van der Waals surface area contributed by atoms with Crippen LogP contribution in [0.5, 0.6) is 17.2 Å². The van der Waals surface area contributed by atoms with Crippen LogP contribution in [0.3, 0.4) is 0 Å². The zero-order valence-electron chi connectivity index (χ0n) is 20.4. The average molecular weight is 495 g/mol. The van der Waals surface area contributed by atoms with Crippen LogP contribution in [0.4, 0.5) is 13.6 Å². The van der Waals surface area contributed by atoms with Gasteiger partial charge in [0.05, 0.1) is 13.7 Å². The number of hydrogen-bond acceptors (Lipinski definition) is 4. The molecule has 0 aliphatic heterocycles. The summed E-state index contributed by atoms with van der Waals surface area (Å²) < 4.78 is 43.6. The third kappa shape index (κ3) is 5.27. The van der Waals surface area contributed by atoms with Crippen LogP contribution in [0, 0.1) is 0 Å². The van der Waals surface area contributed by atoms with Gasteiger partial charge >= 0.3 is 12.7 Å². The van der Waals surface area contributed by atoms with E-state index in [9.17, 15) is 13.6 Å². The predicted octanol–water partition coefficient (Wildman–Crippen LogP) is 6.81. The number of fused-ring (bicyclic) bond motifs is 1. The van der Waals surface area contributed by atoms with Gasteiger partial charge in [-0.05, 0) is 55.8 Å². The van der Waals surface area contributed by atoms with Crippen molar-refractivity contribution in [2.45, 2.75) is 27.0 Å². The number of carbonyl (C=O) groups is 1. The van der Waals surface area contributed by atoms with Crippen molar-refractivity contribution in [3.63, 3.8) is 0 Å². The number of amides is 1. The lowest BCUT2D eigenvalue weighted by atomic mass is 10.0. The van der Waals surface area contributed by atoms with Crippen LogP contribution < -0.4 is 14.2 Å². The molecule has 8 heteroatoms. The Labute approximate surface area is 208 Å². The molecule has 0 spiro atoms. The molecule has 0 aliphatic rings. The maximum atomic E-state index is 12.9. The maximum Gasteiger partial charge on any atom is 0.415 e. The van der Waals surface area contributed by atoms with Crippen LogP contribution in [0.1, 0.15) is 19.4 Å². The third-order valence-corrected chi connectivity index (χ3v) is 6.04. The molecule has 3 aromatic carbocycles. The van der Waals surface area contributed by atoms with Gasteiger partial charge < -0.3 is 23.7 Å². The van der Waals surface area contributed by atoms with E-state index in [1.165, 1.54) is 6.07 Å². The number of alkyl halides is 2. The molecule has 0 saturated heterocycles. The van der Waals surface area contributed by atoms with Crippen molar-refractivity contribution in [3.05, 3.63) is 78.5 Å². The van der Waals surface area contributed by atoms with Crippen molar-refractivity contribution in [1.82, 2.24) is 9.47 Å². The number of ether oxygens (including phenoxy) is 3. The molecule has 188 valence electrons. The number of aromatic nitrogens is 1. The summed E-state index contributed by atoms with van der Waals surface area (Å²) >= 11 is 0. The highest BCUT2D eigenvalue weighted by Crippen LogP contribution is 2.39. The van der Waals surface area contributed by atoms with Gasteiger partial charge in [0, 0.05) is 41.3 Å². The normalized spacial score (nSPS) is 11.1. The monoisotopic (exact) mass is 494 g/mol. The van der Waals surface area contributed by atoms with E-state index >= 15 is 0 Å². The van der Waals surface area contributed by atoms with Crippen molar-refractivity contribution in [3.8, 4) is 28.4 Å². The van der Waals surface area contributed by atoms with Gasteiger partial charge in [-0.3, -0.25) is 0 Å². The highest BCUT2D eigenvalue weighted by molar-refractivity contribution is 5.99. The lowest BCUT2D eigenvalue weighted by Gasteiger charge is -2.20. The van der Waals surface area contributed by atoms with E-state index in [2.05, 4.69) is 0 Å². The van der Waals surface area contributed by atoms with Crippen molar-refractivity contribution >= 4 is 17.0 Å². The molecule has 1 heterocycles. The minimum Gasteiger partial charge on any atom is -0.497 e. The molecule has 4 rings (SSSR count). The minimum absolute atomic E-state index is 0.134. The first-order valence-corrected chi connectivity index (χ1v) is 11.7. The Balaban J connectivity index is 1.79. The van der Waals surface area contributed by atoms with Crippen LogP contribution in [-0.4, -0.2) is 42.4 Å². The number of para-hydroxylation sites is 1. The molecule has 1 amide bonds. The van der Waals surface area contributed by atoms with Crippen LogP contribution in [0.2, 0.25) is 0 Å². The van der Waals surface area contributed by atoms with Crippen LogP contribution in [0.15, 0.2) is 72.9 Å². The summed E-state index contributed by atoms with van der Waals surface area (Å²) in [5, 5.41) is 0.859. The minimum atomic E-state index is -2.91. The Kier molecular flexibility index (Phi) is 7.73. The quantitative estimate of drug-likeness (QED) is 0.257. The summed E-state index contributed by atoms with van der Waals surface area (Å²) in [5.41, 5.74) is 3.09. The molecule has 0 atom stereocenters. The van der Waals surface area contributed by atoms with Gasteiger partial charge in [0.1, 0.15) is 17.2 Å². The highest BCUT2D eigenvalue weighted by Gasteiger charge is 2.20. The molecule has 0 fully saturated rings. The molecule has 1 aromatic heterocycles. The van der Waals surface area contributed by atoms with Crippen molar-refractivity contribution in [2.75, 3.05) is 20.2 Å². The van der Waals surface area contributed by atoms with Gasteiger partial charge in [-0.1, -0.05) is 30.3 Å². The van der Waals surface area contributed by atoms with Crippen molar-refractivity contribution < 1.29 is 27.8 Å². The molecule has 4 aromatic rings. The molecule has 0 aliphatic carbocycles. The van der Waals surface area contributed by atoms with Crippen LogP contribution >= 0.6 is 0 Å². The topological polar surface area (TPSA) is 52.9 Å². The zero-order chi connectivity index (χ0) is 25.7. The van der Waals surface area contributed by atoms with Crippen LogP contribution in [0.25, 0.3) is 22.0 Å². The summed E-state index contributed by atoms with van der Waals surface area (Å²) in [7, 11) is 1.60. The summed E-state index contributed by atoms with van der Waals surface area (Å²) in [6.45, 7) is 2.28. The maximum absolute atomic E-state index is 12.9. The molecule has 6 nitrogen and oxygen atoms in total. The zero-order valence-corrected chi connectivity index (χ0v) is 20.4. The Hall–Kier alpha value is -4.07. The Bertz CT molecular complexity index is 1330. The Morgan fingerprint density at radius 3 is 2.33 bits per heavy atom.